The minimum absolute atomic E-state index is 0.0156. The Balaban J connectivity index is 2.11. The van der Waals surface area contributed by atoms with Crippen LogP contribution in [0.3, 0.4) is 0 Å². The molecule has 2 aromatic rings. The van der Waals surface area contributed by atoms with Gasteiger partial charge in [0.2, 0.25) is 5.95 Å². The molecule has 3 rings (SSSR count). The van der Waals surface area contributed by atoms with Crippen molar-refractivity contribution in [2.45, 2.75) is 31.0 Å². The number of nitrogens with zero attached hydrogens (tertiary/aromatic N) is 5. The summed E-state index contributed by atoms with van der Waals surface area (Å²) in [5, 5.41) is 19.4. The Labute approximate surface area is 131 Å². The highest BCUT2D eigenvalue weighted by Gasteiger charge is 2.53. The average molecular weight is 326 g/mol. The number of alkyl halides is 1. The van der Waals surface area contributed by atoms with Crippen LogP contribution in [0.1, 0.15) is 13.2 Å². The van der Waals surface area contributed by atoms with Gasteiger partial charge in [-0.2, -0.15) is 9.97 Å². The maximum Gasteiger partial charge on any atom is 0.224 e. The molecule has 2 aromatic heterocycles. The van der Waals surface area contributed by atoms with Crippen LogP contribution in [0.5, 0.6) is 0 Å². The molecule has 0 aromatic carbocycles. The molecule has 0 spiro atoms. The maximum absolute atomic E-state index is 14.5. The van der Waals surface area contributed by atoms with Crippen molar-refractivity contribution >= 4 is 22.9 Å². The van der Waals surface area contributed by atoms with E-state index in [-0.39, 0.29) is 5.95 Å². The number of aliphatic hydroxyl groups excluding tert-OH is 2. The molecular formula is C13H19FN6O3. The monoisotopic (exact) mass is 326 g/mol. The molecule has 1 saturated heterocycles. The second kappa shape index (κ2) is 5.25. The lowest BCUT2D eigenvalue weighted by Crippen LogP contribution is -2.42. The van der Waals surface area contributed by atoms with E-state index in [0.29, 0.717) is 17.0 Å². The first kappa shape index (κ1) is 15.8. The van der Waals surface area contributed by atoms with E-state index in [1.54, 1.807) is 19.0 Å². The zero-order valence-electron chi connectivity index (χ0n) is 13.0. The first-order valence-electron chi connectivity index (χ1n) is 7.06. The number of rotatable bonds is 3. The van der Waals surface area contributed by atoms with Crippen LogP contribution < -0.4 is 10.6 Å². The molecule has 23 heavy (non-hydrogen) atoms. The molecule has 3 heterocycles. The minimum atomic E-state index is -1.75. The Hall–Kier alpha value is -2.04. The van der Waals surface area contributed by atoms with Gasteiger partial charge in [0.1, 0.15) is 11.7 Å². The van der Waals surface area contributed by atoms with Gasteiger partial charge in [-0.05, 0) is 6.92 Å². The molecule has 0 bridgehead atoms. The number of aliphatic hydroxyl groups is 2. The van der Waals surface area contributed by atoms with Gasteiger partial charge in [-0.15, -0.1) is 0 Å². The van der Waals surface area contributed by atoms with Crippen molar-refractivity contribution in [3.05, 3.63) is 6.33 Å². The summed E-state index contributed by atoms with van der Waals surface area (Å²) in [7, 11) is 3.55. The van der Waals surface area contributed by atoms with Gasteiger partial charge < -0.3 is 25.6 Å². The normalized spacial score (nSPS) is 31.0. The molecule has 126 valence electrons. The van der Waals surface area contributed by atoms with E-state index in [0.717, 1.165) is 0 Å². The van der Waals surface area contributed by atoms with E-state index < -0.39 is 30.7 Å². The number of nitrogen functional groups attached to an aromatic ring is 1. The molecule has 1 aliphatic heterocycles. The summed E-state index contributed by atoms with van der Waals surface area (Å²) in [6.07, 6.45) is -3.03. The van der Waals surface area contributed by atoms with Crippen molar-refractivity contribution in [2.24, 2.45) is 0 Å². The highest BCUT2D eigenvalue weighted by Crippen LogP contribution is 2.40. The fourth-order valence-corrected chi connectivity index (χ4v) is 2.66. The lowest BCUT2D eigenvalue weighted by atomic mass is 9.99. The predicted octanol–water partition coefficient (Wildman–Crippen LogP) is -0.547. The van der Waals surface area contributed by atoms with Gasteiger partial charge in [0.25, 0.3) is 0 Å². The average Bonchev–Trinajstić information content (AvgIpc) is 3.01. The fraction of sp³-hybridized carbons (Fsp3) is 0.615. The Morgan fingerprint density at radius 1 is 1.48 bits per heavy atom. The molecule has 10 heteroatoms. The number of fused-ring (bicyclic) bond motifs is 1. The number of imidazole rings is 1. The zero-order chi connectivity index (χ0) is 16.9. The van der Waals surface area contributed by atoms with Crippen LogP contribution in [-0.4, -0.2) is 68.3 Å². The van der Waals surface area contributed by atoms with Crippen LogP contribution in [0.4, 0.5) is 16.2 Å². The van der Waals surface area contributed by atoms with Crippen molar-refractivity contribution in [1.29, 1.82) is 0 Å². The van der Waals surface area contributed by atoms with Crippen molar-refractivity contribution in [1.82, 2.24) is 19.5 Å². The highest BCUT2D eigenvalue weighted by molar-refractivity contribution is 5.84. The number of ether oxygens (including phenoxy) is 1. The molecule has 1 fully saturated rings. The van der Waals surface area contributed by atoms with Crippen molar-refractivity contribution in [3.8, 4) is 0 Å². The topological polar surface area (TPSA) is 123 Å². The molecule has 4 N–H and O–H groups in total. The Morgan fingerprint density at radius 3 is 2.74 bits per heavy atom. The number of hydrogen-bond acceptors (Lipinski definition) is 8. The summed E-state index contributed by atoms with van der Waals surface area (Å²) in [6.45, 7) is 0.926. The van der Waals surface area contributed by atoms with Gasteiger partial charge in [-0.25, -0.2) is 9.37 Å². The summed E-state index contributed by atoms with van der Waals surface area (Å²) < 4.78 is 21.4. The van der Waals surface area contributed by atoms with Crippen LogP contribution in [0.2, 0.25) is 0 Å². The van der Waals surface area contributed by atoms with Crippen LogP contribution in [-0.2, 0) is 4.74 Å². The van der Waals surface area contributed by atoms with Gasteiger partial charge in [-0.3, -0.25) is 4.57 Å². The van der Waals surface area contributed by atoms with E-state index in [4.69, 9.17) is 10.5 Å². The second-order valence-electron chi connectivity index (χ2n) is 5.99. The largest absolute Gasteiger partial charge is 0.393 e. The Bertz CT molecular complexity index is 738. The van der Waals surface area contributed by atoms with Crippen molar-refractivity contribution < 1.29 is 19.3 Å². The van der Waals surface area contributed by atoms with E-state index in [1.165, 1.54) is 17.8 Å². The predicted molar refractivity (Wildman–Crippen MR) is 80.6 cm³/mol. The Morgan fingerprint density at radius 2 is 2.17 bits per heavy atom. The summed E-state index contributed by atoms with van der Waals surface area (Å²) in [4.78, 5) is 14.1. The summed E-state index contributed by atoms with van der Waals surface area (Å²) >= 11 is 0. The SMILES string of the molecule is CN(C)c1nc(N)nc2c1ncn2[C@@H]1O[C@](C)(CO)[C@@H](O)[C@H]1F. The third-order valence-electron chi connectivity index (χ3n) is 4.02. The number of nitrogens with two attached hydrogens (primary N) is 1. The van der Waals surface area contributed by atoms with Gasteiger partial charge in [0.05, 0.1) is 12.9 Å². The van der Waals surface area contributed by atoms with Gasteiger partial charge in [0.15, 0.2) is 29.4 Å². The minimum Gasteiger partial charge on any atom is -0.393 e. The van der Waals surface area contributed by atoms with Crippen molar-refractivity contribution in [3.63, 3.8) is 0 Å². The second-order valence-corrected chi connectivity index (χ2v) is 5.99. The number of anilines is 2. The van der Waals surface area contributed by atoms with Crippen molar-refractivity contribution in [2.75, 3.05) is 31.3 Å². The molecule has 0 aliphatic carbocycles. The molecule has 0 radical (unpaired) electrons. The standard InChI is InChI=1S/C13H19FN6O3/c1-13(4-21)8(22)6(14)11(23-13)20-5-16-7-9(19(2)3)17-12(15)18-10(7)20/h5-6,8,11,21-22H,4H2,1-3H3,(H2,15,17,18)/t6-,8+,11-,13-/m1/s1. The van der Waals surface area contributed by atoms with E-state index in [9.17, 15) is 14.6 Å². The molecule has 4 atom stereocenters. The summed E-state index contributed by atoms with van der Waals surface area (Å²) in [5.41, 5.74) is 5.05. The molecule has 0 unspecified atom stereocenters. The van der Waals surface area contributed by atoms with Gasteiger partial charge in [0, 0.05) is 14.1 Å². The van der Waals surface area contributed by atoms with Gasteiger partial charge in [-0.1, -0.05) is 0 Å². The van der Waals surface area contributed by atoms with Crippen LogP contribution >= 0.6 is 0 Å². The first-order valence-corrected chi connectivity index (χ1v) is 7.06. The fourth-order valence-electron chi connectivity index (χ4n) is 2.66. The lowest BCUT2D eigenvalue weighted by Gasteiger charge is -2.24. The summed E-state index contributed by atoms with van der Waals surface area (Å²) in [6, 6.07) is 0. The van der Waals surface area contributed by atoms with E-state index in [1.807, 2.05) is 0 Å². The third kappa shape index (κ3) is 2.30. The molecule has 0 amide bonds. The Kier molecular flexibility index (Phi) is 3.62. The first-order chi connectivity index (χ1) is 10.8. The molecular weight excluding hydrogens is 307 g/mol. The quantitative estimate of drug-likeness (QED) is 0.687. The highest BCUT2D eigenvalue weighted by atomic mass is 19.1. The maximum atomic E-state index is 14.5. The molecule has 1 aliphatic rings. The molecule has 0 saturated carbocycles. The molecule has 9 nitrogen and oxygen atoms in total. The van der Waals surface area contributed by atoms with E-state index in [2.05, 4.69) is 15.0 Å². The zero-order valence-corrected chi connectivity index (χ0v) is 13.0. The van der Waals surface area contributed by atoms with Crippen LogP contribution in [0.15, 0.2) is 6.33 Å². The van der Waals surface area contributed by atoms with E-state index >= 15 is 0 Å². The van der Waals surface area contributed by atoms with Gasteiger partial charge >= 0.3 is 0 Å². The van der Waals surface area contributed by atoms with Crippen LogP contribution in [0, 0.1) is 0 Å². The smallest absolute Gasteiger partial charge is 0.224 e. The number of halogens is 1. The summed E-state index contributed by atoms with van der Waals surface area (Å²) in [5.74, 6) is 0.506. The third-order valence-corrected chi connectivity index (χ3v) is 4.02. The van der Waals surface area contributed by atoms with Crippen LogP contribution in [0.25, 0.3) is 11.2 Å². The number of aromatic nitrogens is 4. The lowest BCUT2D eigenvalue weighted by molar-refractivity contribution is -0.115. The number of hydrogen-bond donors (Lipinski definition) is 3.